The van der Waals surface area contributed by atoms with Crippen molar-refractivity contribution in [2.24, 2.45) is 0 Å². The molecule has 1 aliphatic rings. The van der Waals surface area contributed by atoms with Gasteiger partial charge in [0.1, 0.15) is 5.56 Å². The van der Waals surface area contributed by atoms with E-state index in [0.717, 1.165) is 4.90 Å². The highest BCUT2D eigenvalue weighted by Gasteiger charge is 2.31. The number of hydrogen-bond acceptors (Lipinski definition) is 4. The summed E-state index contributed by atoms with van der Waals surface area (Å²) in [6, 6.07) is 5.65. The summed E-state index contributed by atoms with van der Waals surface area (Å²) in [5.74, 6) is -0.854. The molecule has 0 aromatic heterocycles. The van der Waals surface area contributed by atoms with Crippen LogP contribution in [0.1, 0.15) is 23.2 Å². The average Bonchev–Trinajstić information content (AvgIpc) is 2.74. The monoisotopic (exact) mass is 234 g/mol. The van der Waals surface area contributed by atoms with Crippen LogP contribution in [0, 0.1) is 10.1 Å². The van der Waals surface area contributed by atoms with Crippen LogP contribution >= 0.6 is 0 Å². The number of nitrogens with zero attached hydrogens (tertiary/aromatic N) is 2. The van der Waals surface area contributed by atoms with Crippen molar-refractivity contribution in [2.75, 3.05) is 6.54 Å². The number of rotatable bonds is 2. The Kier molecular flexibility index (Phi) is 2.86. The normalized spacial score (nSPS) is 15.1. The SMILES string of the molecule is O=C1CCCN1C(=O)c1ccccc1[N+](=O)[O-]. The van der Waals surface area contributed by atoms with E-state index in [4.69, 9.17) is 0 Å². The molecule has 1 aromatic carbocycles. The summed E-state index contributed by atoms with van der Waals surface area (Å²) in [7, 11) is 0. The number of carbonyl (C=O) groups is 2. The minimum Gasteiger partial charge on any atom is -0.278 e. The fraction of sp³-hybridized carbons (Fsp3) is 0.273. The minimum atomic E-state index is -0.617. The van der Waals surface area contributed by atoms with E-state index in [2.05, 4.69) is 0 Å². The maximum Gasteiger partial charge on any atom is 0.282 e. The summed E-state index contributed by atoms with van der Waals surface area (Å²) in [6.07, 6.45) is 0.942. The first-order chi connectivity index (χ1) is 8.11. The molecule has 0 saturated carbocycles. The van der Waals surface area contributed by atoms with Crippen LogP contribution in [0.15, 0.2) is 24.3 Å². The maximum absolute atomic E-state index is 12.0. The molecule has 2 rings (SSSR count). The van der Waals surface area contributed by atoms with Crippen molar-refractivity contribution in [1.82, 2.24) is 4.90 Å². The third kappa shape index (κ3) is 2.01. The second-order valence-electron chi connectivity index (χ2n) is 3.73. The smallest absolute Gasteiger partial charge is 0.278 e. The van der Waals surface area contributed by atoms with Gasteiger partial charge in [-0.05, 0) is 12.5 Å². The molecule has 6 heteroatoms. The number of amides is 2. The van der Waals surface area contributed by atoms with Gasteiger partial charge in [0.2, 0.25) is 5.91 Å². The summed E-state index contributed by atoms with van der Waals surface area (Å²) in [4.78, 5) is 34.6. The Morgan fingerprint density at radius 3 is 2.65 bits per heavy atom. The van der Waals surface area contributed by atoms with Gasteiger partial charge in [-0.2, -0.15) is 0 Å². The third-order valence-electron chi connectivity index (χ3n) is 2.65. The van der Waals surface area contributed by atoms with Gasteiger partial charge in [-0.25, -0.2) is 0 Å². The molecular formula is C11H10N2O4. The molecule has 0 radical (unpaired) electrons. The number of nitro groups is 1. The van der Waals surface area contributed by atoms with Crippen LogP contribution in [0.2, 0.25) is 0 Å². The molecule has 6 nitrogen and oxygen atoms in total. The molecule has 0 aliphatic carbocycles. The lowest BCUT2D eigenvalue weighted by atomic mass is 10.1. The van der Waals surface area contributed by atoms with Gasteiger partial charge in [-0.15, -0.1) is 0 Å². The summed E-state index contributed by atoms with van der Waals surface area (Å²) in [5.41, 5.74) is -0.301. The predicted octanol–water partition coefficient (Wildman–Crippen LogP) is 1.36. The summed E-state index contributed by atoms with van der Waals surface area (Å²) in [5, 5.41) is 10.8. The lowest BCUT2D eigenvalue weighted by molar-refractivity contribution is -0.385. The fourth-order valence-corrected chi connectivity index (χ4v) is 1.82. The van der Waals surface area contributed by atoms with Crippen molar-refractivity contribution in [3.8, 4) is 0 Å². The number of nitro benzene ring substituents is 1. The molecule has 17 heavy (non-hydrogen) atoms. The van der Waals surface area contributed by atoms with Crippen molar-refractivity contribution in [3.05, 3.63) is 39.9 Å². The van der Waals surface area contributed by atoms with Crippen LogP contribution in [0.4, 0.5) is 5.69 Å². The predicted molar refractivity (Wildman–Crippen MR) is 58.4 cm³/mol. The van der Waals surface area contributed by atoms with E-state index in [1.807, 2.05) is 0 Å². The van der Waals surface area contributed by atoms with E-state index >= 15 is 0 Å². The van der Waals surface area contributed by atoms with Crippen molar-refractivity contribution in [3.63, 3.8) is 0 Å². The molecule has 1 aromatic rings. The van der Waals surface area contributed by atoms with Crippen molar-refractivity contribution < 1.29 is 14.5 Å². The number of benzene rings is 1. The van der Waals surface area contributed by atoms with Gasteiger partial charge in [0.15, 0.2) is 0 Å². The first kappa shape index (κ1) is 11.3. The average molecular weight is 234 g/mol. The largest absolute Gasteiger partial charge is 0.282 e. The molecule has 1 aliphatic heterocycles. The lowest BCUT2D eigenvalue weighted by Crippen LogP contribution is -2.32. The number of carbonyl (C=O) groups excluding carboxylic acids is 2. The first-order valence-electron chi connectivity index (χ1n) is 5.19. The summed E-state index contributed by atoms with van der Waals surface area (Å²) < 4.78 is 0. The standard InChI is InChI=1S/C11H10N2O4/c14-10-6-3-7-12(10)11(15)8-4-1-2-5-9(8)13(16)17/h1-2,4-5H,3,6-7H2. The second-order valence-corrected chi connectivity index (χ2v) is 3.73. The molecule has 0 unspecified atom stereocenters. The van der Waals surface area contributed by atoms with E-state index in [1.54, 1.807) is 6.07 Å². The van der Waals surface area contributed by atoms with Gasteiger partial charge in [0.05, 0.1) is 4.92 Å². The van der Waals surface area contributed by atoms with Gasteiger partial charge in [0, 0.05) is 19.0 Å². The Morgan fingerprint density at radius 1 is 1.35 bits per heavy atom. The van der Waals surface area contributed by atoms with E-state index < -0.39 is 10.8 Å². The van der Waals surface area contributed by atoms with E-state index in [-0.39, 0.29) is 17.2 Å². The molecule has 1 fully saturated rings. The van der Waals surface area contributed by atoms with Gasteiger partial charge in [-0.1, -0.05) is 12.1 Å². The van der Waals surface area contributed by atoms with Crippen molar-refractivity contribution >= 4 is 17.5 Å². The van der Waals surface area contributed by atoms with Crippen LogP contribution in [0.5, 0.6) is 0 Å². The Morgan fingerprint density at radius 2 is 2.06 bits per heavy atom. The van der Waals surface area contributed by atoms with Crippen LogP contribution < -0.4 is 0 Å². The van der Waals surface area contributed by atoms with E-state index in [1.165, 1.54) is 18.2 Å². The number of likely N-dealkylation sites (tertiary alicyclic amines) is 1. The Hall–Kier alpha value is -2.24. The minimum absolute atomic E-state index is 0.0345. The Bertz CT molecular complexity index is 498. The highest BCUT2D eigenvalue weighted by atomic mass is 16.6. The van der Waals surface area contributed by atoms with Crippen LogP contribution in [0.25, 0.3) is 0 Å². The zero-order chi connectivity index (χ0) is 12.4. The van der Waals surface area contributed by atoms with Gasteiger partial charge >= 0.3 is 0 Å². The van der Waals surface area contributed by atoms with Crippen LogP contribution in [-0.2, 0) is 4.79 Å². The molecule has 0 atom stereocenters. The Labute approximate surface area is 97.0 Å². The topological polar surface area (TPSA) is 80.5 Å². The molecule has 0 N–H and O–H groups in total. The maximum atomic E-state index is 12.0. The summed E-state index contributed by atoms with van der Waals surface area (Å²) in [6.45, 7) is 0.337. The van der Waals surface area contributed by atoms with E-state index in [0.29, 0.717) is 19.4 Å². The van der Waals surface area contributed by atoms with Gasteiger partial charge < -0.3 is 0 Å². The number of imide groups is 1. The van der Waals surface area contributed by atoms with Crippen molar-refractivity contribution in [2.45, 2.75) is 12.8 Å². The highest BCUT2D eigenvalue weighted by molar-refractivity contribution is 6.07. The third-order valence-corrected chi connectivity index (χ3v) is 2.65. The lowest BCUT2D eigenvalue weighted by Gasteiger charge is -2.13. The molecular weight excluding hydrogens is 224 g/mol. The van der Waals surface area contributed by atoms with Crippen molar-refractivity contribution in [1.29, 1.82) is 0 Å². The highest BCUT2D eigenvalue weighted by Crippen LogP contribution is 2.22. The number of hydrogen-bond donors (Lipinski definition) is 0. The second kappa shape index (κ2) is 4.32. The summed E-state index contributed by atoms with van der Waals surface area (Å²) >= 11 is 0. The molecule has 2 amide bonds. The van der Waals surface area contributed by atoms with Gasteiger partial charge in [-0.3, -0.25) is 24.6 Å². The molecule has 1 saturated heterocycles. The fourth-order valence-electron chi connectivity index (χ4n) is 1.82. The Balaban J connectivity index is 2.37. The van der Waals surface area contributed by atoms with Gasteiger partial charge in [0.25, 0.3) is 11.6 Å². The quantitative estimate of drug-likeness (QED) is 0.439. The van der Waals surface area contributed by atoms with E-state index in [9.17, 15) is 19.7 Å². The molecule has 0 spiro atoms. The zero-order valence-corrected chi connectivity index (χ0v) is 8.96. The first-order valence-corrected chi connectivity index (χ1v) is 5.19. The molecule has 1 heterocycles. The zero-order valence-electron chi connectivity index (χ0n) is 8.96. The molecule has 0 bridgehead atoms. The van der Waals surface area contributed by atoms with Crippen LogP contribution in [0.3, 0.4) is 0 Å². The molecule has 88 valence electrons. The van der Waals surface area contributed by atoms with Crippen LogP contribution in [-0.4, -0.2) is 28.2 Å². The number of para-hydroxylation sites is 1.